The van der Waals surface area contributed by atoms with Crippen LogP contribution < -0.4 is 11.2 Å². The maximum Gasteiger partial charge on any atom is 0.330 e. The Hall–Kier alpha value is -3.01. The highest BCUT2D eigenvalue weighted by Gasteiger charge is 2.32. The number of carbonyl (C=O) groups excluding carboxylic acids is 1. The molecule has 1 amide bonds. The summed E-state index contributed by atoms with van der Waals surface area (Å²) in [6.07, 6.45) is 3.69. The number of nitrogens with one attached hydrogen (secondary N) is 1. The molecule has 0 aliphatic heterocycles. The van der Waals surface area contributed by atoms with Crippen LogP contribution in [0.2, 0.25) is 0 Å². The van der Waals surface area contributed by atoms with E-state index >= 15 is 0 Å². The third kappa shape index (κ3) is 4.31. The largest absolute Gasteiger partial charge is 0.338 e. The summed E-state index contributed by atoms with van der Waals surface area (Å²) in [4.78, 5) is 51.4. The molecule has 3 aromatic rings. The number of hydrogen-bond acceptors (Lipinski definition) is 6. The molecule has 5 rings (SSSR count). The SMILES string of the molecule is C[C@H](c1ccc(F)cc1)N(C)C(=O)CSc1nc(C2CC2)nc2c1c(=O)[nH]c(=O)n2C1CC1. The average molecular weight is 470 g/mol. The van der Waals surface area contributed by atoms with Gasteiger partial charge in [-0.05, 0) is 50.3 Å². The molecule has 1 atom stereocenters. The fourth-order valence-electron chi connectivity index (χ4n) is 3.85. The van der Waals surface area contributed by atoms with Crippen molar-refractivity contribution in [2.24, 2.45) is 0 Å². The van der Waals surface area contributed by atoms with E-state index in [1.54, 1.807) is 28.6 Å². The summed E-state index contributed by atoms with van der Waals surface area (Å²) in [5, 5.41) is 0.687. The van der Waals surface area contributed by atoms with E-state index < -0.39 is 11.2 Å². The molecule has 0 radical (unpaired) electrons. The van der Waals surface area contributed by atoms with Crippen molar-refractivity contribution in [3.63, 3.8) is 0 Å². The lowest BCUT2D eigenvalue weighted by atomic mass is 10.1. The second-order valence-corrected chi connectivity index (χ2v) is 9.71. The molecule has 2 saturated carbocycles. The summed E-state index contributed by atoms with van der Waals surface area (Å²) < 4.78 is 14.8. The van der Waals surface area contributed by atoms with Gasteiger partial charge in [-0.1, -0.05) is 23.9 Å². The maximum atomic E-state index is 13.2. The predicted molar refractivity (Wildman–Crippen MR) is 123 cm³/mol. The zero-order valence-corrected chi connectivity index (χ0v) is 19.2. The Morgan fingerprint density at radius 1 is 1.21 bits per heavy atom. The Kier molecular flexibility index (Phi) is 5.55. The van der Waals surface area contributed by atoms with E-state index in [0.717, 1.165) is 31.2 Å². The number of hydrogen-bond donors (Lipinski definition) is 1. The number of rotatable bonds is 7. The molecular formula is C23H24FN5O3S. The topological polar surface area (TPSA) is 101 Å². The molecule has 2 aliphatic rings. The summed E-state index contributed by atoms with van der Waals surface area (Å²) in [7, 11) is 1.70. The van der Waals surface area contributed by atoms with Crippen molar-refractivity contribution in [3.8, 4) is 0 Å². The Balaban J connectivity index is 1.44. The van der Waals surface area contributed by atoms with Gasteiger partial charge in [-0.2, -0.15) is 0 Å². The molecular weight excluding hydrogens is 445 g/mol. The van der Waals surface area contributed by atoms with Gasteiger partial charge in [0.15, 0.2) is 5.65 Å². The number of aromatic nitrogens is 4. The lowest BCUT2D eigenvalue weighted by Crippen LogP contribution is -2.32. The standard InChI is InChI=1S/C23H24FN5O3S/c1-12(13-5-7-15(24)8-6-13)28(2)17(30)11-33-22-18-20(25-19(26-22)14-3-4-14)29(16-9-10-16)23(32)27-21(18)31/h5-8,12,14,16H,3-4,9-11H2,1-2H3,(H,27,31,32)/t12-/m1/s1. The minimum Gasteiger partial charge on any atom is -0.338 e. The molecule has 2 fully saturated rings. The lowest BCUT2D eigenvalue weighted by molar-refractivity contribution is -0.128. The Morgan fingerprint density at radius 2 is 1.91 bits per heavy atom. The van der Waals surface area contributed by atoms with Gasteiger partial charge in [-0.3, -0.25) is 19.1 Å². The first-order valence-corrected chi connectivity index (χ1v) is 12.0. The van der Waals surface area contributed by atoms with Crippen LogP contribution in [0.4, 0.5) is 4.39 Å². The van der Waals surface area contributed by atoms with Crippen LogP contribution in [0.3, 0.4) is 0 Å². The first kappa shape index (κ1) is 21.8. The van der Waals surface area contributed by atoms with Crippen LogP contribution in [0.5, 0.6) is 0 Å². The number of nitrogens with zero attached hydrogens (tertiary/aromatic N) is 4. The Morgan fingerprint density at radius 3 is 2.55 bits per heavy atom. The van der Waals surface area contributed by atoms with Crippen LogP contribution in [-0.2, 0) is 4.79 Å². The van der Waals surface area contributed by atoms with E-state index in [-0.39, 0.29) is 40.9 Å². The van der Waals surface area contributed by atoms with Crippen molar-refractivity contribution >= 4 is 28.7 Å². The summed E-state index contributed by atoms with van der Waals surface area (Å²) in [5.41, 5.74) is 0.212. The quantitative estimate of drug-likeness (QED) is 0.421. The fraction of sp³-hybridized carbons (Fsp3) is 0.435. The first-order valence-electron chi connectivity index (χ1n) is 11.0. The highest BCUT2D eigenvalue weighted by Crippen LogP contribution is 2.41. The number of halogens is 1. The smallest absolute Gasteiger partial charge is 0.330 e. The van der Waals surface area contributed by atoms with Gasteiger partial charge in [0.1, 0.15) is 22.1 Å². The van der Waals surface area contributed by atoms with Crippen LogP contribution in [0, 0.1) is 5.82 Å². The fourth-order valence-corrected chi connectivity index (χ4v) is 4.80. The summed E-state index contributed by atoms with van der Waals surface area (Å²) in [6, 6.07) is 5.86. The predicted octanol–water partition coefficient (Wildman–Crippen LogP) is 3.14. The molecule has 2 aliphatic carbocycles. The molecule has 2 heterocycles. The van der Waals surface area contributed by atoms with E-state index in [2.05, 4.69) is 15.0 Å². The van der Waals surface area contributed by atoms with Crippen LogP contribution in [0.25, 0.3) is 11.0 Å². The van der Waals surface area contributed by atoms with E-state index in [0.29, 0.717) is 16.5 Å². The number of thioether (sulfide) groups is 1. The van der Waals surface area contributed by atoms with Gasteiger partial charge in [0, 0.05) is 19.0 Å². The zero-order chi connectivity index (χ0) is 23.3. The van der Waals surface area contributed by atoms with Crippen molar-refractivity contribution in [1.29, 1.82) is 0 Å². The average Bonchev–Trinajstić information content (AvgIpc) is 3.69. The molecule has 1 aromatic carbocycles. The first-order chi connectivity index (χ1) is 15.8. The van der Waals surface area contributed by atoms with Gasteiger partial charge in [-0.25, -0.2) is 19.2 Å². The molecule has 33 heavy (non-hydrogen) atoms. The second-order valence-electron chi connectivity index (χ2n) is 8.74. The second kappa shape index (κ2) is 8.40. The van der Waals surface area contributed by atoms with Crippen LogP contribution >= 0.6 is 11.8 Å². The normalized spacial score (nSPS) is 16.7. The van der Waals surface area contributed by atoms with E-state index in [4.69, 9.17) is 0 Å². The molecule has 0 spiro atoms. The highest BCUT2D eigenvalue weighted by atomic mass is 32.2. The summed E-state index contributed by atoms with van der Waals surface area (Å²) in [6.45, 7) is 1.88. The van der Waals surface area contributed by atoms with Gasteiger partial charge < -0.3 is 4.90 Å². The van der Waals surface area contributed by atoms with Gasteiger partial charge in [0.2, 0.25) is 5.91 Å². The molecule has 1 N–H and O–H groups in total. The number of amides is 1. The van der Waals surface area contributed by atoms with Gasteiger partial charge in [0.25, 0.3) is 5.56 Å². The Labute approximate surface area is 193 Å². The van der Waals surface area contributed by atoms with Crippen molar-refractivity contribution in [2.75, 3.05) is 12.8 Å². The summed E-state index contributed by atoms with van der Waals surface area (Å²) >= 11 is 1.18. The van der Waals surface area contributed by atoms with Crippen molar-refractivity contribution in [3.05, 3.63) is 62.3 Å². The van der Waals surface area contributed by atoms with E-state index in [1.165, 1.54) is 23.9 Å². The lowest BCUT2D eigenvalue weighted by Gasteiger charge is -2.25. The number of fused-ring (bicyclic) bond motifs is 1. The molecule has 10 heteroatoms. The molecule has 8 nitrogen and oxygen atoms in total. The molecule has 0 bridgehead atoms. The third-order valence-electron chi connectivity index (χ3n) is 6.28. The number of aromatic amines is 1. The summed E-state index contributed by atoms with van der Waals surface area (Å²) in [5.74, 6) is 0.453. The van der Waals surface area contributed by atoms with E-state index in [9.17, 15) is 18.8 Å². The van der Waals surface area contributed by atoms with Crippen molar-refractivity contribution < 1.29 is 9.18 Å². The zero-order valence-electron chi connectivity index (χ0n) is 18.4. The van der Waals surface area contributed by atoms with E-state index in [1.807, 2.05) is 6.92 Å². The van der Waals surface area contributed by atoms with Gasteiger partial charge >= 0.3 is 5.69 Å². The van der Waals surface area contributed by atoms with Gasteiger partial charge in [0.05, 0.1) is 11.8 Å². The highest BCUT2D eigenvalue weighted by molar-refractivity contribution is 8.00. The molecule has 0 saturated heterocycles. The van der Waals surface area contributed by atoms with Crippen LogP contribution in [-0.4, -0.2) is 43.1 Å². The number of H-pyrrole nitrogens is 1. The minimum absolute atomic E-state index is 0.0426. The third-order valence-corrected chi connectivity index (χ3v) is 7.24. The van der Waals surface area contributed by atoms with Gasteiger partial charge in [-0.15, -0.1) is 0 Å². The number of carbonyl (C=O) groups is 1. The Bertz CT molecular complexity index is 1350. The maximum absolute atomic E-state index is 13.2. The molecule has 2 aromatic heterocycles. The van der Waals surface area contributed by atoms with Crippen molar-refractivity contribution in [2.45, 2.75) is 55.6 Å². The minimum atomic E-state index is -0.530. The van der Waals surface area contributed by atoms with Crippen molar-refractivity contribution in [1.82, 2.24) is 24.4 Å². The van der Waals surface area contributed by atoms with Crippen LogP contribution in [0.15, 0.2) is 38.9 Å². The number of benzene rings is 1. The molecule has 0 unspecified atom stereocenters. The molecule has 172 valence electrons. The van der Waals surface area contributed by atoms with Crippen LogP contribution in [0.1, 0.15) is 62.0 Å². The monoisotopic (exact) mass is 469 g/mol.